The van der Waals surface area contributed by atoms with Gasteiger partial charge in [0, 0.05) is 12.6 Å². The van der Waals surface area contributed by atoms with Crippen LogP contribution in [0.1, 0.15) is 25.2 Å². The van der Waals surface area contributed by atoms with Crippen LogP contribution in [0.15, 0.2) is 18.3 Å². The van der Waals surface area contributed by atoms with Crippen LogP contribution in [0.3, 0.4) is 0 Å². The molecule has 0 aliphatic rings. The summed E-state index contributed by atoms with van der Waals surface area (Å²) in [4.78, 5) is 4.52. The summed E-state index contributed by atoms with van der Waals surface area (Å²) in [5.74, 6) is 0.708. The lowest BCUT2D eigenvalue weighted by Crippen LogP contribution is -2.23. The zero-order chi connectivity index (χ0) is 14.0. The predicted octanol–water partition coefficient (Wildman–Crippen LogP) is 3.38. The molecule has 19 heavy (non-hydrogen) atoms. The second-order valence-corrected chi connectivity index (χ2v) is 5.45. The second kappa shape index (κ2) is 5.90. The van der Waals surface area contributed by atoms with E-state index in [9.17, 15) is 0 Å². The number of rotatable bonds is 4. The van der Waals surface area contributed by atoms with Crippen molar-refractivity contribution in [2.24, 2.45) is 0 Å². The van der Waals surface area contributed by atoms with Crippen LogP contribution < -0.4 is 5.32 Å². The zero-order valence-corrected chi connectivity index (χ0v) is 12.6. The van der Waals surface area contributed by atoms with Crippen LogP contribution in [0.2, 0.25) is 10.0 Å². The van der Waals surface area contributed by atoms with Crippen LogP contribution in [0.4, 0.5) is 0 Å². The molecule has 0 spiro atoms. The van der Waals surface area contributed by atoms with E-state index in [4.69, 9.17) is 23.2 Å². The van der Waals surface area contributed by atoms with Crippen molar-refractivity contribution in [3.05, 3.63) is 39.8 Å². The molecule has 0 bridgehead atoms. The predicted molar refractivity (Wildman–Crippen MR) is 78.1 cm³/mol. The molecule has 0 aromatic carbocycles. The lowest BCUT2D eigenvalue weighted by atomic mass is 10.3. The Morgan fingerprint density at radius 1 is 1.26 bits per heavy atom. The van der Waals surface area contributed by atoms with Crippen LogP contribution in [0, 0.1) is 6.92 Å². The largest absolute Gasteiger partial charge is 0.309 e. The van der Waals surface area contributed by atoms with E-state index in [0.29, 0.717) is 28.4 Å². The highest BCUT2D eigenvalue weighted by molar-refractivity contribution is 6.31. The maximum Gasteiger partial charge on any atom is 0.153 e. The van der Waals surface area contributed by atoms with Crippen molar-refractivity contribution < 1.29 is 0 Å². The van der Waals surface area contributed by atoms with Gasteiger partial charge in [0.15, 0.2) is 5.82 Å². The monoisotopic (exact) mass is 298 g/mol. The number of hydrogen-bond acceptors (Lipinski definition) is 3. The summed E-state index contributed by atoms with van der Waals surface area (Å²) in [5.41, 5.74) is 1.58. The van der Waals surface area contributed by atoms with Crippen LogP contribution in [0.25, 0.3) is 5.82 Å². The Morgan fingerprint density at radius 2 is 2.00 bits per heavy atom. The number of nitrogens with zero attached hydrogens (tertiary/aromatic N) is 3. The molecule has 0 atom stereocenters. The molecule has 0 unspecified atom stereocenters. The molecule has 0 amide bonds. The van der Waals surface area contributed by atoms with Crippen LogP contribution >= 0.6 is 23.2 Å². The van der Waals surface area contributed by atoms with Gasteiger partial charge in [-0.2, -0.15) is 5.10 Å². The SMILES string of the molecule is Cc1nn(-c2ccc(Cl)c(CNC(C)C)n2)cc1Cl. The van der Waals surface area contributed by atoms with Gasteiger partial charge in [-0.25, -0.2) is 9.67 Å². The van der Waals surface area contributed by atoms with Gasteiger partial charge in [-0.05, 0) is 19.1 Å². The Kier molecular flexibility index (Phi) is 4.45. The van der Waals surface area contributed by atoms with Crippen LogP contribution in [0.5, 0.6) is 0 Å². The van der Waals surface area contributed by atoms with Crippen LogP contribution in [-0.2, 0) is 6.54 Å². The highest BCUT2D eigenvalue weighted by atomic mass is 35.5. The number of aromatic nitrogens is 3. The number of hydrogen-bond donors (Lipinski definition) is 1. The third kappa shape index (κ3) is 3.47. The molecule has 1 N–H and O–H groups in total. The quantitative estimate of drug-likeness (QED) is 0.941. The summed E-state index contributed by atoms with van der Waals surface area (Å²) in [6.45, 7) is 6.64. The Hall–Kier alpha value is -1.10. The van der Waals surface area contributed by atoms with E-state index < -0.39 is 0 Å². The Labute approximate surface area is 122 Å². The minimum absolute atomic E-state index is 0.378. The van der Waals surface area contributed by atoms with Gasteiger partial charge in [-0.1, -0.05) is 37.0 Å². The van der Waals surface area contributed by atoms with Gasteiger partial charge in [0.05, 0.1) is 27.6 Å². The van der Waals surface area contributed by atoms with Crippen molar-refractivity contribution >= 4 is 23.2 Å². The van der Waals surface area contributed by atoms with Crippen molar-refractivity contribution in [3.8, 4) is 5.82 Å². The van der Waals surface area contributed by atoms with Gasteiger partial charge in [-0.3, -0.25) is 0 Å². The van der Waals surface area contributed by atoms with E-state index in [2.05, 4.69) is 29.2 Å². The van der Waals surface area contributed by atoms with E-state index in [1.54, 1.807) is 10.9 Å². The highest BCUT2D eigenvalue weighted by Gasteiger charge is 2.09. The van der Waals surface area contributed by atoms with E-state index in [0.717, 1.165) is 11.4 Å². The first-order chi connectivity index (χ1) is 8.97. The number of pyridine rings is 1. The molecule has 2 heterocycles. The number of halogens is 2. The fourth-order valence-corrected chi connectivity index (χ4v) is 1.88. The molecular weight excluding hydrogens is 283 g/mol. The standard InChI is InChI=1S/C13H16Cl2N4/c1-8(2)16-6-12-10(14)4-5-13(17-12)19-7-11(15)9(3)18-19/h4-5,7-8,16H,6H2,1-3H3. The summed E-state index contributed by atoms with van der Waals surface area (Å²) in [6, 6.07) is 4.03. The molecular formula is C13H16Cl2N4. The van der Waals surface area contributed by atoms with Crippen molar-refractivity contribution in [1.29, 1.82) is 0 Å². The maximum atomic E-state index is 6.15. The summed E-state index contributed by atoms with van der Waals surface area (Å²) >= 11 is 12.1. The van der Waals surface area contributed by atoms with E-state index in [1.807, 2.05) is 19.1 Å². The van der Waals surface area contributed by atoms with Gasteiger partial charge in [0.2, 0.25) is 0 Å². The Morgan fingerprint density at radius 3 is 2.58 bits per heavy atom. The third-order valence-corrected chi connectivity index (χ3v) is 3.37. The average Bonchev–Trinajstić information content (AvgIpc) is 2.68. The topological polar surface area (TPSA) is 42.7 Å². The molecule has 0 radical (unpaired) electrons. The third-order valence-electron chi connectivity index (χ3n) is 2.66. The van der Waals surface area contributed by atoms with Gasteiger partial charge in [0.1, 0.15) is 0 Å². The van der Waals surface area contributed by atoms with E-state index in [-0.39, 0.29) is 0 Å². The van der Waals surface area contributed by atoms with Gasteiger partial charge in [0.25, 0.3) is 0 Å². The molecule has 0 aliphatic heterocycles. The lowest BCUT2D eigenvalue weighted by molar-refractivity contribution is 0.580. The maximum absolute atomic E-state index is 6.15. The van der Waals surface area contributed by atoms with Gasteiger partial charge < -0.3 is 5.32 Å². The normalized spacial score (nSPS) is 11.3. The zero-order valence-electron chi connectivity index (χ0n) is 11.1. The second-order valence-electron chi connectivity index (χ2n) is 4.64. The first kappa shape index (κ1) is 14.3. The first-order valence-electron chi connectivity index (χ1n) is 6.08. The molecule has 4 nitrogen and oxygen atoms in total. The summed E-state index contributed by atoms with van der Waals surface area (Å²) in [5, 5.41) is 8.87. The fraction of sp³-hybridized carbons (Fsp3) is 0.385. The first-order valence-corrected chi connectivity index (χ1v) is 6.84. The summed E-state index contributed by atoms with van der Waals surface area (Å²) in [7, 11) is 0. The number of nitrogens with one attached hydrogen (secondary N) is 1. The van der Waals surface area contributed by atoms with Crippen molar-refractivity contribution in [2.45, 2.75) is 33.4 Å². The van der Waals surface area contributed by atoms with Crippen molar-refractivity contribution in [2.75, 3.05) is 0 Å². The smallest absolute Gasteiger partial charge is 0.153 e. The van der Waals surface area contributed by atoms with Crippen molar-refractivity contribution in [3.63, 3.8) is 0 Å². The highest BCUT2D eigenvalue weighted by Crippen LogP contribution is 2.19. The van der Waals surface area contributed by atoms with Gasteiger partial charge in [-0.15, -0.1) is 0 Å². The summed E-state index contributed by atoms with van der Waals surface area (Å²) in [6.07, 6.45) is 1.74. The molecule has 0 aliphatic carbocycles. The summed E-state index contributed by atoms with van der Waals surface area (Å²) < 4.78 is 1.66. The Balaban J connectivity index is 2.29. The molecule has 2 aromatic rings. The number of aryl methyl sites for hydroxylation is 1. The minimum Gasteiger partial charge on any atom is -0.309 e. The van der Waals surface area contributed by atoms with Gasteiger partial charge >= 0.3 is 0 Å². The molecule has 0 fully saturated rings. The Bertz CT molecular complexity index is 559. The van der Waals surface area contributed by atoms with Crippen LogP contribution in [-0.4, -0.2) is 20.8 Å². The molecule has 102 valence electrons. The van der Waals surface area contributed by atoms with E-state index in [1.165, 1.54) is 0 Å². The fourth-order valence-electron chi connectivity index (χ4n) is 1.58. The minimum atomic E-state index is 0.378. The lowest BCUT2D eigenvalue weighted by Gasteiger charge is -2.10. The molecule has 0 saturated carbocycles. The van der Waals surface area contributed by atoms with Crippen molar-refractivity contribution in [1.82, 2.24) is 20.1 Å². The van der Waals surface area contributed by atoms with E-state index >= 15 is 0 Å². The molecule has 0 saturated heterocycles. The molecule has 2 aromatic heterocycles. The molecule has 6 heteroatoms. The average molecular weight is 299 g/mol. The molecule has 2 rings (SSSR count).